The van der Waals surface area contributed by atoms with E-state index < -0.39 is 11.0 Å². The topological polar surface area (TPSA) is 116 Å². The Morgan fingerprint density at radius 2 is 1.86 bits per heavy atom. The van der Waals surface area contributed by atoms with E-state index in [0.717, 1.165) is 0 Å². The van der Waals surface area contributed by atoms with Gasteiger partial charge in [0.15, 0.2) is 5.75 Å². The maximum atomic E-state index is 10.8. The number of nitrogens with zero attached hydrogens (tertiary/aromatic N) is 2. The van der Waals surface area contributed by atoms with Crippen LogP contribution in [0.4, 0.5) is 5.69 Å². The number of aliphatic hydroxyl groups is 3. The third kappa shape index (κ3) is 6.05. The molecule has 0 saturated carbocycles. The van der Waals surface area contributed by atoms with E-state index in [0.29, 0.717) is 13.1 Å². The van der Waals surface area contributed by atoms with Crippen LogP contribution < -0.4 is 4.74 Å². The molecule has 1 aromatic carbocycles. The number of rotatable bonds is 10. The van der Waals surface area contributed by atoms with Gasteiger partial charge in [0.2, 0.25) is 0 Å². The maximum absolute atomic E-state index is 10.8. The van der Waals surface area contributed by atoms with Crippen LogP contribution in [0.5, 0.6) is 5.75 Å². The molecule has 8 nitrogen and oxygen atoms in total. The van der Waals surface area contributed by atoms with Crippen LogP contribution in [-0.2, 0) is 0 Å². The van der Waals surface area contributed by atoms with Crippen LogP contribution in [0.1, 0.15) is 0 Å². The number of hydrogen-bond donors (Lipinski definition) is 3. The first kappa shape index (κ1) is 17.3. The van der Waals surface area contributed by atoms with Crippen molar-refractivity contribution in [2.24, 2.45) is 0 Å². The van der Waals surface area contributed by atoms with E-state index in [4.69, 9.17) is 14.9 Å². The molecule has 1 aromatic rings. The van der Waals surface area contributed by atoms with Gasteiger partial charge < -0.3 is 20.1 Å². The third-order valence-electron chi connectivity index (χ3n) is 2.79. The highest BCUT2D eigenvalue weighted by molar-refractivity contribution is 5.45. The highest BCUT2D eigenvalue weighted by atomic mass is 16.6. The fourth-order valence-electron chi connectivity index (χ4n) is 1.84. The average Bonchev–Trinajstić information content (AvgIpc) is 2.46. The summed E-state index contributed by atoms with van der Waals surface area (Å²) in [6, 6.07) is 5.93. The third-order valence-corrected chi connectivity index (χ3v) is 2.79. The summed E-state index contributed by atoms with van der Waals surface area (Å²) < 4.78 is 5.27. The van der Waals surface area contributed by atoms with Crippen molar-refractivity contribution in [1.82, 2.24) is 4.90 Å². The minimum atomic E-state index is -0.886. The van der Waals surface area contributed by atoms with Crippen LogP contribution in [0, 0.1) is 10.1 Å². The molecule has 0 unspecified atom stereocenters. The molecule has 1 rings (SSSR count). The van der Waals surface area contributed by atoms with E-state index in [1.165, 1.54) is 18.2 Å². The molecule has 1 atom stereocenters. The van der Waals surface area contributed by atoms with Crippen LogP contribution >= 0.6 is 0 Å². The predicted octanol–water partition coefficient (Wildman–Crippen LogP) is -0.379. The molecule has 0 amide bonds. The Morgan fingerprint density at radius 1 is 1.24 bits per heavy atom. The summed E-state index contributed by atoms with van der Waals surface area (Å²) in [5.41, 5.74) is -0.160. The van der Waals surface area contributed by atoms with Gasteiger partial charge in [-0.2, -0.15) is 0 Å². The average molecular weight is 300 g/mol. The lowest BCUT2D eigenvalue weighted by molar-refractivity contribution is -0.385. The minimum Gasteiger partial charge on any atom is -0.484 e. The molecule has 0 radical (unpaired) electrons. The first-order valence-corrected chi connectivity index (χ1v) is 6.56. The molecule has 0 aliphatic carbocycles. The van der Waals surface area contributed by atoms with Gasteiger partial charge in [0.05, 0.1) is 18.1 Å². The molecule has 0 heterocycles. The second-order valence-corrected chi connectivity index (χ2v) is 4.44. The van der Waals surface area contributed by atoms with Gasteiger partial charge in [0.25, 0.3) is 0 Å². The maximum Gasteiger partial charge on any atom is 0.310 e. The molecule has 21 heavy (non-hydrogen) atoms. The van der Waals surface area contributed by atoms with E-state index in [1.807, 2.05) is 0 Å². The van der Waals surface area contributed by atoms with Crippen molar-refractivity contribution in [3.8, 4) is 5.75 Å². The lowest BCUT2D eigenvalue weighted by Crippen LogP contribution is -2.38. The van der Waals surface area contributed by atoms with Crippen LogP contribution in [0.2, 0.25) is 0 Å². The van der Waals surface area contributed by atoms with Gasteiger partial charge in [-0.3, -0.25) is 15.0 Å². The highest BCUT2D eigenvalue weighted by Crippen LogP contribution is 2.25. The van der Waals surface area contributed by atoms with Crippen molar-refractivity contribution in [3.63, 3.8) is 0 Å². The number of nitro benzene ring substituents is 1. The van der Waals surface area contributed by atoms with Crippen molar-refractivity contribution < 1.29 is 25.0 Å². The van der Waals surface area contributed by atoms with Crippen molar-refractivity contribution in [3.05, 3.63) is 34.4 Å². The van der Waals surface area contributed by atoms with Crippen LogP contribution in [0.15, 0.2) is 24.3 Å². The van der Waals surface area contributed by atoms with Gasteiger partial charge in [0, 0.05) is 25.7 Å². The normalized spacial score (nSPS) is 12.4. The molecule has 0 saturated heterocycles. The Morgan fingerprint density at radius 3 is 2.43 bits per heavy atom. The Hall–Kier alpha value is -1.74. The van der Waals surface area contributed by atoms with E-state index in [2.05, 4.69) is 0 Å². The summed E-state index contributed by atoms with van der Waals surface area (Å²) in [4.78, 5) is 11.9. The Labute approximate surface area is 122 Å². The highest BCUT2D eigenvalue weighted by Gasteiger charge is 2.16. The summed E-state index contributed by atoms with van der Waals surface area (Å²) >= 11 is 0. The number of nitro groups is 1. The Kier molecular flexibility index (Phi) is 7.62. The lowest BCUT2D eigenvalue weighted by Gasteiger charge is -2.23. The van der Waals surface area contributed by atoms with E-state index in [-0.39, 0.29) is 37.8 Å². The zero-order valence-electron chi connectivity index (χ0n) is 11.6. The zero-order valence-corrected chi connectivity index (χ0v) is 11.6. The Bertz CT molecular complexity index is 436. The Balaban J connectivity index is 2.52. The number of aliphatic hydroxyl groups excluding tert-OH is 3. The van der Waals surface area contributed by atoms with E-state index in [9.17, 15) is 15.2 Å². The zero-order chi connectivity index (χ0) is 15.7. The summed E-state index contributed by atoms with van der Waals surface area (Å²) in [5.74, 6) is 0.0948. The molecule has 0 aliphatic heterocycles. The largest absolute Gasteiger partial charge is 0.484 e. The van der Waals surface area contributed by atoms with E-state index >= 15 is 0 Å². The van der Waals surface area contributed by atoms with E-state index in [1.54, 1.807) is 11.0 Å². The van der Waals surface area contributed by atoms with Crippen molar-refractivity contribution in [1.29, 1.82) is 0 Å². The summed E-state index contributed by atoms with van der Waals surface area (Å²) in [7, 11) is 0. The smallest absolute Gasteiger partial charge is 0.310 e. The molecular weight excluding hydrogens is 280 g/mol. The first-order valence-electron chi connectivity index (χ1n) is 6.56. The monoisotopic (exact) mass is 300 g/mol. The SMILES string of the molecule is O=[N+]([O-])c1ccccc1OC[C@H](O)CN(CCO)CCO. The number of benzene rings is 1. The lowest BCUT2D eigenvalue weighted by atomic mass is 10.3. The standard InChI is InChI=1S/C13H20N2O6/c16-7-5-14(6-8-17)9-11(18)10-21-13-4-2-1-3-12(13)15(19)20/h1-4,11,16-18H,5-10H2/t11-/m1/s1. The molecule has 0 fully saturated rings. The fourth-order valence-corrected chi connectivity index (χ4v) is 1.84. The molecule has 8 heteroatoms. The number of hydrogen-bond acceptors (Lipinski definition) is 7. The predicted molar refractivity (Wildman–Crippen MR) is 75.2 cm³/mol. The quantitative estimate of drug-likeness (QED) is 0.398. The van der Waals surface area contributed by atoms with Crippen LogP contribution in [0.3, 0.4) is 0 Å². The fraction of sp³-hybridized carbons (Fsp3) is 0.538. The van der Waals surface area contributed by atoms with Crippen LogP contribution in [-0.4, -0.2) is 70.7 Å². The van der Waals surface area contributed by atoms with Gasteiger partial charge in [-0.25, -0.2) is 0 Å². The summed E-state index contributed by atoms with van der Waals surface area (Å²) in [6.45, 7) is 0.557. The number of ether oxygens (including phenoxy) is 1. The molecule has 0 aliphatic rings. The molecule has 0 bridgehead atoms. The summed E-state index contributed by atoms with van der Waals surface area (Å²) in [6.07, 6.45) is -0.886. The molecule has 0 spiro atoms. The van der Waals surface area contributed by atoms with Gasteiger partial charge in [-0.15, -0.1) is 0 Å². The van der Waals surface area contributed by atoms with Gasteiger partial charge in [-0.05, 0) is 6.07 Å². The first-order chi connectivity index (χ1) is 10.1. The second-order valence-electron chi connectivity index (χ2n) is 4.44. The van der Waals surface area contributed by atoms with Gasteiger partial charge in [-0.1, -0.05) is 12.1 Å². The second kappa shape index (κ2) is 9.24. The molecule has 0 aromatic heterocycles. The van der Waals surface area contributed by atoms with Crippen molar-refractivity contribution >= 4 is 5.69 Å². The van der Waals surface area contributed by atoms with Gasteiger partial charge >= 0.3 is 5.69 Å². The molecule has 118 valence electrons. The molecule has 3 N–H and O–H groups in total. The van der Waals surface area contributed by atoms with Crippen molar-refractivity contribution in [2.45, 2.75) is 6.10 Å². The molecular formula is C13H20N2O6. The number of para-hydroxylation sites is 2. The van der Waals surface area contributed by atoms with Gasteiger partial charge in [0.1, 0.15) is 12.7 Å². The minimum absolute atomic E-state index is 0.0856. The van der Waals surface area contributed by atoms with Crippen molar-refractivity contribution in [2.75, 3.05) is 39.5 Å². The van der Waals surface area contributed by atoms with Crippen LogP contribution in [0.25, 0.3) is 0 Å². The summed E-state index contributed by atoms with van der Waals surface area (Å²) in [5, 5.41) is 38.4.